The number of hydrazine groups is 1. The van der Waals surface area contributed by atoms with Gasteiger partial charge in [-0.1, -0.05) is 6.07 Å². The van der Waals surface area contributed by atoms with Crippen molar-refractivity contribution >= 4 is 33.5 Å². The number of hydrogen-bond donors (Lipinski definition) is 3. The van der Waals surface area contributed by atoms with E-state index in [0.717, 1.165) is 0 Å². The maximum absolute atomic E-state index is 13.7. The van der Waals surface area contributed by atoms with E-state index in [1.165, 1.54) is 6.07 Å². The predicted octanol–water partition coefficient (Wildman–Crippen LogP) is 2.20. The molecular weight excluding hydrogens is 331 g/mol. The van der Waals surface area contributed by atoms with Crippen LogP contribution in [0.2, 0.25) is 0 Å². The molecule has 0 radical (unpaired) electrons. The molecular formula is C11H12BrFN6O. The van der Waals surface area contributed by atoms with Crippen molar-refractivity contribution in [2.24, 2.45) is 5.84 Å². The minimum absolute atomic E-state index is 0.0883. The van der Waals surface area contributed by atoms with E-state index in [1.807, 2.05) is 0 Å². The monoisotopic (exact) mass is 342 g/mol. The van der Waals surface area contributed by atoms with Gasteiger partial charge in [0, 0.05) is 4.47 Å². The van der Waals surface area contributed by atoms with Gasteiger partial charge in [0.2, 0.25) is 11.9 Å². The molecule has 0 atom stereocenters. The van der Waals surface area contributed by atoms with Gasteiger partial charge in [-0.25, -0.2) is 10.2 Å². The summed E-state index contributed by atoms with van der Waals surface area (Å²) in [5.74, 6) is 5.05. The Morgan fingerprint density at radius 3 is 2.70 bits per heavy atom. The van der Waals surface area contributed by atoms with Gasteiger partial charge in [0.1, 0.15) is 5.82 Å². The van der Waals surface area contributed by atoms with Crippen molar-refractivity contribution in [3.63, 3.8) is 0 Å². The van der Waals surface area contributed by atoms with Crippen LogP contribution in [0.4, 0.5) is 22.0 Å². The average molecular weight is 343 g/mol. The highest BCUT2D eigenvalue weighted by molar-refractivity contribution is 9.10. The van der Waals surface area contributed by atoms with Gasteiger partial charge >= 0.3 is 6.01 Å². The fourth-order valence-corrected chi connectivity index (χ4v) is 1.84. The van der Waals surface area contributed by atoms with Crippen molar-refractivity contribution in [1.82, 2.24) is 15.0 Å². The van der Waals surface area contributed by atoms with Crippen LogP contribution in [0.5, 0.6) is 6.01 Å². The van der Waals surface area contributed by atoms with E-state index < -0.39 is 5.82 Å². The van der Waals surface area contributed by atoms with Gasteiger partial charge < -0.3 is 10.1 Å². The minimum atomic E-state index is -0.444. The van der Waals surface area contributed by atoms with E-state index in [4.69, 9.17) is 10.6 Å². The van der Waals surface area contributed by atoms with Gasteiger partial charge in [0.25, 0.3) is 0 Å². The molecule has 2 rings (SSSR count). The highest BCUT2D eigenvalue weighted by Gasteiger charge is 2.11. The largest absolute Gasteiger partial charge is 0.464 e. The summed E-state index contributed by atoms with van der Waals surface area (Å²) in [6.45, 7) is 2.18. The number of anilines is 3. The third kappa shape index (κ3) is 3.31. The molecule has 2 aromatic rings. The smallest absolute Gasteiger partial charge is 0.323 e. The fourth-order valence-electron chi connectivity index (χ4n) is 1.40. The Morgan fingerprint density at radius 1 is 1.30 bits per heavy atom. The van der Waals surface area contributed by atoms with E-state index in [9.17, 15) is 4.39 Å². The molecule has 1 aromatic carbocycles. The molecule has 0 unspecified atom stereocenters. The lowest BCUT2D eigenvalue weighted by atomic mass is 10.3. The number of nitrogens with zero attached hydrogens (tertiary/aromatic N) is 3. The SMILES string of the molecule is CCOc1nc(NN)nc(Nc2c(F)cccc2Br)n1. The molecule has 0 bridgehead atoms. The maximum atomic E-state index is 13.7. The molecule has 0 aliphatic carbocycles. The number of benzene rings is 1. The van der Waals surface area contributed by atoms with Gasteiger partial charge in [0.05, 0.1) is 12.3 Å². The molecule has 1 heterocycles. The predicted molar refractivity (Wildman–Crippen MR) is 76.2 cm³/mol. The molecule has 9 heteroatoms. The zero-order valence-electron chi connectivity index (χ0n) is 10.5. The van der Waals surface area contributed by atoms with E-state index >= 15 is 0 Å². The van der Waals surface area contributed by atoms with Crippen molar-refractivity contribution in [3.05, 3.63) is 28.5 Å². The molecule has 20 heavy (non-hydrogen) atoms. The number of ether oxygens (including phenoxy) is 1. The highest BCUT2D eigenvalue weighted by Crippen LogP contribution is 2.27. The molecule has 0 fully saturated rings. The van der Waals surface area contributed by atoms with Crippen LogP contribution < -0.4 is 21.3 Å². The molecule has 7 nitrogen and oxygen atoms in total. The highest BCUT2D eigenvalue weighted by atomic mass is 79.9. The van der Waals surface area contributed by atoms with E-state index in [2.05, 4.69) is 41.6 Å². The molecule has 106 valence electrons. The Bertz CT molecular complexity index is 591. The summed E-state index contributed by atoms with van der Waals surface area (Å²) in [6.07, 6.45) is 0. The summed E-state index contributed by atoms with van der Waals surface area (Å²) in [5.41, 5.74) is 2.51. The van der Waals surface area contributed by atoms with Crippen LogP contribution in [0.1, 0.15) is 6.92 Å². The summed E-state index contributed by atoms with van der Waals surface area (Å²) in [7, 11) is 0. The summed E-state index contributed by atoms with van der Waals surface area (Å²) in [4.78, 5) is 11.9. The topological polar surface area (TPSA) is 98.0 Å². The van der Waals surface area contributed by atoms with Crippen LogP contribution in [0, 0.1) is 5.82 Å². The Balaban J connectivity index is 2.35. The average Bonchev–Trinajstić information content (AvgIpc) is 2.43. The minimum Gasteiger partial charge on any atom is -0.464 e. The number of halogens is 2. The van der Waals surface area contributed by atoms with Crippen LogP contribution in [0.15, 0.2) is 22.7 Å². The van der Waals surface area contributed by atoms with Gasteiger partial charge in [-0.05, 0) is 35.0 Å². The van der Waals surface area contributed by atoms with Crippen LogP contribution in [0.25, 0.3) is 0 Å². The molecule has 0 aliphatic rings. The van der Waals surface area contributed by atoms with Crippen LogP contribution >= 0.6 is 15.9 Å². The molecule has 0 aliphatic heterocycles. The molecule has 1 aromatic heterocycles. The third-order valence-electron chi connectivity index (χ3n) is 2.22. The van der Waals surface area contributed by atoms with Crippen molar-refractivity contribution < 1.29 is 9.13 Å². The molecule has 0 saturated heterocycles. The lowest BCUT2D eigenvalue weighted by Crippen LogP contribution is -2.13. The summed E-state index contributed by atoms with van der Waals surface area (Å²) >= 11 is 3.24. The summed E-state index contributed by atoms with van der Waals surface area (Å²) in [6, 6.07) is 4.68. The second-order valence-electron chi connectivity index (χ2n) is 3.56. The van der Waals surface area contributed by atoms with Crippen LogP contribution in [-0.4, -0.2) is 21.6 Å². The zero-order chi connectivity index (χ0) is 14.5. The third-order valence-corrected chi connectivity index (χ3v) is 2.88. The van der Waals surface area contributed by atoms with Gasteiger partial charge in [0.15, 0.2) is 0 Å². The van der Waals surface area contributed by atoms with Crippen LogP contribution in [0.3, 0.4) is 0 Å². The number of para-hydroxylation sites is 1. The molecule has 0 spiro atoms. The lowest BCUT2D eigenvalue weighted by Gasteiger charge is -2.10. The molecule has 0 saturated carbocycles. The van der Waals surface area contributed by atoms with Crippen molar-refractivity contribution in [3.8, 4) is 6.01 Å². The van der Waals surface area contributed by atoms with Gasteiger partial charge in [-0.15, -0.1) is 0 Å². The fraction of sp³-hybridized carbons (Fsp3) is 0.182. The number of hydrogen-bond acceptors (Lipinski definition) is 7. The number of nitrogens with one attached hydrogen (secondary N) is 2. The van der Waals surface area contributed by atoms with Crippen LogP contribution in [-0.2, 0) is 0 Å². The first-order valence-electron chi connectivity index (χ1n) is 5.70. The van der Waals surface area contributed by atoms with E-state index in [-0.39, 0.29) is 23.6 Å². The maximum Gasteiger partial charge on any atom is 0.323 e. The van der Waals surface area contributed by atoms with Gasteiger partial charge in [-0.3, -0.25) is 5.43 Å². The number of nitrogens with two attached hydrogens (primary N) is 1. The standard InChI is InChI=1S/C11H12BrFN6O/c1-2-20-11-17-9(16-10(18-11)19-14)15-8-6(12)4-3-5-7(8)13/h3-5H,2,14H2,1H3,(H2,15,16,17,18,19). The first kappa shape index (κ1) is 14.4. The van der Waals surface area contributed by atoms with Crippen molar-refractivity contribution in [2.45, 2.75) is 6.92 Å². The Morgan fingerprint density at radius 2 is 2.05 bits per heavy atom. The Kier molecular flexibility index (Phi) is 4.64. The molecule has 0 amide bonds. The lowest BCUT2D eigenvalue weighted by molar-refractivity contribution is 0.312. The number of aromatic nitrogens is 3. The van der Waals surface area contributed by atoms with Gasteiger partial charge in [-0.2, -0.15) is 15.0 Å². The van der Waals surface area contributed by atoms with Crippen molar-refractivity contribution in [2.75, 3.05) is 17.3 Å². The molecule has 4 N–H and O–H groups in total. The first-order chi connectivity index (χ1) is 9.63. The quantitative estimate of drug-likeness (QED) is 0.565. The Labute approximate surface area is 122 Å². The second kappa shape index (κ2) is 6.44. The number of nitrogen functional groups attached to an aromatic ring is 1. The Hall–Kier alpha value is -2.00. The normalized spacial score (nSPS) is 10.2. The zero-order valence-corrected chi connectivity index (χ0v) is 12.1. The second-order valence-corrected chi connectivity index (χ2v) is 4.42. The number of rotatable bonds is 5. The first-order valence-corrected chi connectivity index (χ1v) is 6.50. The van der Waals surface area contributed by atoms with Crippen molar-refractivity contribution in [1.29, 1.82) is 0 Å². The summed E-state index contributed by atoms with van der Waals surface area (Å²) < 4.78 is 19.5. The van der Waals surface area contributed by atoms with E-state index in [1.54, 1.807) is 19.1 Å². The summed E-state index contributed by atoms with van der Waals surface area (Å²) in [5, 5.41) is 2.75. The van der Waals surface area contributed by atoms with E-state index in [0.29, 0.717) is 11.1 Å².